The molecule has 1 fully saturated rings. The number of carbonyl (C=O) groups is 3. The van der Waals surface area contributed by atoms with Gasteiger partial charge in [0.05, 0.1) is 33.3 Å². The number of Topliss-reactive ketones (excluding diaryl/α,β-unsaturated/α-hetero) is 1. The van der Waals surface area contributed by atoms with E-state index in [4.69, 9.17) is 0 Å². The van der Waals surface area contributed by atoms with E-state index in [9.17, 15) is 14.4 Å². The van der Waals surface area contributed by atoms with E-state index in [-0.39, 0.29) is 17.7 Å². The summed E-state index contributed by atoms with van der Waals surface area (Å²) in [6, 6.07) is 7.27. The number of ketones is 1. The van der Waals surface area contributed by atoms with Gasteiger partial charge < -0.3 is 14.5 Å². The third kappa shape index (κ3) is 4.32. The molecule has 7 heteroatoms. The highest BCUT2D eigenvalue weighted by molar-refractivity contribution is 5.94. The van der Waals surface area contributed by atoms with Gasteiger partial charge in [0.15, 0.2) is 11.8 Å². The maximum absolute atomic E-state index is 12.0. The number of alkyl carbamates (subject to hydrolysis) is 1. The smallest absolute Gasteiger partial charge is 0.413 e. The molecule has 2 rings (SSSR count). The number of imide groups is 1. The summed E-state index contributed by atoms with van der Waals surface area (Å²) in [6.45, 7) is 6.58. The van der Waals surface area contributed by atoms with E-state index in [2.05, 4.69) is 15.0 Å². The lowest BCUT2D eigenvalue weighted by Crippen LogP contribution is -3.19. The molecular weight excluding hydrogens is 310 g/mol. The summed E-state index contributed by atoms with van der Waals surface area (Å²) in [6.07, 6.45) is -0.726. The Morgan fingerprint density at radius 2 is 1.75 bits per heavy atom. The van der Waals surface area contributed by atoms with Gasteiger partial charge in [-0.25, -0.2) is 4.79 Å². The van der Waals surface area contributed by atoms with E-state index < -0.39 is 6.09 Å². The quantitative estimate of drug-likeness (QED) is 0.750. The highest BCUT2D eigenvalue weighted by Crippen LogP contribution is 2.15. The zero-order valence-electron chi connectivity index (χ0n) is 14.3. The van der Waals surface area contributed by atoms with Crippen molar-refractivity contribution in [2.75, 3.05) is 38.2 Å². The molecule has 24 heavy (non-hydrogen) atoms. The number of methoxy groups -OCH3 is 1. The molecule has 1 heterocycles. The third-order valence-corrected chi connectivity index (χ3v) is 4.46. The van der Waals surface area contributed by atoms with Crippen molar-refractivity contribution < 1.29 is 24.0 Å². The van der Waals surface area contributed by atoms with Gasteiger partial charge >= 0.3 is 6.09 Å². The third-order valence-electron chi connectivity index (χ3n) is 4.46. The number of quaternary nitrogens is 1. The lowest BCUT2D eigenvalue weighted by atomic mass is 10.1. The van der Waals surface area contributed by atoms with Crippen LogP contribution >= 0.6 is 0 Å². The van der Waals surface area contributed by atoms with Crippen LogP contribution in [0.4, 0.5) is 10.5 Å². The maximum Gasteiger partial charge on any atom is 0.413 e. The number of amides is 2. The molecule has 0 bridgehead atoms. The number of anilines is 1. The van der Waals surface area contributed by atoms with Crippen molar-refractivity contribution in [2.45, 2.75) is 19.9 Å². The zero-order chi connectivity index (χ0) is 17.7. The molecule has 1 aromatic rings. The van der Waals surface area contributed by atoms with Crippen LogP contribution in [-0.4, -0.2) is 57.1 Å². The van der Waals surface area contributed by atoms with Gasteiger partial charge in [-0.05, 0) is 38.1 Å². The number of benzene rings is 1. The first-order chi connectivity index (χ1) is 11.4. The van der Waals surface area contributed by atoms with Crippen molar-refractivity contribution in [3.8, 4) is 0 Å². The molecule has 0 unspecified atom stereocenters. The van der Waals surface area contributed by atoms with E-state index in [0.717, 1.165) is 36.8 Å². The van der Waals surface area contributed by atoms with Crippen LogP contribution in [0.1, 0.15) is 24.2 Å². The predicted octanol–water partition coefficient (Wildman–Crippen LogP) is -0.135. The Morgan fingerprint density at radius 3 is 2.25 bits per heavy atom. The second-order valence-electron chi connectivity index (χ2n) is 5.95. The number of hydrogen-bond acceptors (Lipinski definition) is 5. The monoisotopic (exact) mass is 334 g/mol. The lowest BCUT2D eigenvalue weighted by Gasteiger charge is -2.35. The zero-order valence-corrected chi connectivity index (χ0v) is 14.3. The molecule has 7 nitrogen and oxygen atoms in total. The molecule has 0 aliphatic carbocycles. The number of nitrogens with zero attached hydrogens (tertiary/aromatic N) is 1. The number of piperazine rings is 1. The minimum atomic E-state index is -0.726. The van der Waals surface area contributed by atoms with Crippen molar-refractivity contribution in [3.63, 3.8) is 0 Å². The summed E-state index contributed by atoms with van der Waals surface area (Å²) in [5, 5.41) is 2.22. The van der Waals surface area contributed by atoms with Gasteiger partial charge in [-0.1, -0.05) is 0 Å². The molecule has 1 aliphatic rings. The molecule has 1 aromatic carbocycles. The second-order valence-corrected chi connectivity index (χ2v) is 5.95. The number of nitrogens with one attached hydrogen (secondary N) is 2. The summed E-state index contributed by atoms with van der Waals surface area (Å²) in [5.41, 5.74) is 1.78. The summed E-state index contributed by atoms with van der Waals surface area (Å²) in [7, 11) is 1.23. The van der Waals surface area contributed by atoms with Crippen molar-refractivity contribution in [1.82, 2.24) is 5.32 Å². The van der Waals surface area contributed by atoms with Crippen LogP contribution in [0.2, 0.25) is 0 Å². The number of hydrogen-bond donors (Lipinski definition) is 2. The van der Waals surface area contributed by atoms with E-state index in [1.54, 1.807) is 6.92 Å². The number of carbonyl (C=O) groups excluding carboxylic acids is 3. The standard InChI is InChI=1S/C17H23N3O4/c1-12(16(22)18-17(23)24-3)19-8-10-20(11-9-19)15-6-4-14(5-7-15)13(2)21/h4-7,12H,8-11H2,1-3H3,(H,18,22,23)/p+1/t12-/m1/s1. The average Bonchev–Trinajstić information content (AvgIpc) is 2.61. The van der Waals surface area contributed by atoms with E-state index in [1.807, 2.05) is 31.2 Å². The van der Waals surface area contributed by atoms with Crippen LogP contribution in [0.5, 0.6) is 0 Å². The molecule has 0 spiro atoms. The summed E-state index contributed by atoms with van der Waals surface area (Å²) < 4.78 is 4.45. The Bertz CT molecular complexity index is 607. The molecule has 2 amide bonds. The second kappa shape index (κ2) is 7.92. The molecule has 1 atom stereocenters. The van der Waals surface area contributed by atoms with Crippen LogP contribution in [0.15, 0.2) is 24.3 Å². The Kier molecular flexibility index (Phi) is 5.92. The molecule has 0 aromatic heterocycles. The number of rotatable bonds is 4. The molecule has 1 saturated heterocycles. The first-order valence-electron chi connectivity index (χ1n) is 8.01. The summed E-state index contributed by atoms with van der Waals surface area (Å²) >= 11 is 0. The fourth-order valence-electron chi connectivity index (χ4n) is 2.84. The molecule has 1 aliphatic heterocycles. The van der Waals surface area contributed by atoms with Gasteiger partial charge in [0.2, 0.25) is 0 Å². The molecule has 2 N–H and O–H groups in total. The molecule has 0 radical (unpaired) electrons. The maximum atomic E-state index is 12.0. The minimum Gasteiger partial charge on any atom is -0.453 e. The first kappa shape index (κ1) is 17.9. The first-order valence-corrected chi connectivity index (χ1v) is 8.01. The predicted molar refractivity (Wildman–Crippen MR) is 89.4 cm³/mol. The Labute approximate surface area is 141 Å². The van der Waals surface area contributed by atoms with Crippen LogP contribution < -0.4 is 15.1 Å². The van der Waals surface area contributed by atoms with Gasteiger partial charge in [-0.2, -0.15) is 0 Å². The van der Waals surface area contributed by atoms with Crippen molar-refractivity contribution in [1.29, 1.82) is 0 Å². The van der Waals surface area contributed by atoms with Crippen LogP contribution in [0.3, 0.4) is 0 Å². The lowest BCUT2D eigenvalue weighted by molar-refractivity contribution is -0.914. The Balaban J connectivity index is 1.89. The van der Waals surface area contributed by atoms with E-state index in [0.29, 0.717) is 5.56 Å². The van der Waals surface area contributed by atoms with Gasteiger partial charge in [-0.15, -0.1) is 0 Å². The molecule has 0 saturated carbocycles. The van der Waals surface area contributed by atoms with Crippen LogP contribution in [-0.2, 0) is 9.53 Å². The SMILES string of the molecule is COC(=O)NC(=O)[C@@H](C)[NH+]1CCN(c2ccc(C(C)=O)cc2)CC1. The topological polar surface area (TPSA) is 80.2 Å². The minimum absolute atomic E-state index is 0.0567. The van der Waals surface area contributed by atoms with Crippen LogP contribution in [0.25, 0.3) is 0 Å². The molecular formula is C17H24N3O4+. The van der Waals surface area contributed by atoms with Gasteiger partial charge in [0.25, 0.3) is 5.91 Å². The fourth-order valence-corrected chi connectivity index (χ4v) is 2.84. The largest absolute Gasteiger partial charge is 0.453 e. The summed E-state index contributed by atoms with van der Waals surface area (Å²) in [5.74, 6) is -0.266. The van der Waals surface area contributed by atoms with Crippen molar-refractivity contribution in [2.24, 2.45) is 0 Å². The van der Waals surface area contributed by atoms with Gasteiger partial charge in [0, 0.05) is 11.3 Å². The van der Waals surface area contributed by atoms with E-state index in [1.165, 1.54) is 7.11 Å². The average molecular weight is 334 g/mol. The normalized spacial score (nSPS) is 16.4. The van der Waals surface area contributed by atoms with Gasteiger partial charge in [-0.3, -0.25) is 14.9 Å². The highest BCUT2D eigenvalue weighted by Gasteiger charge is 2.30. The van der Waals surface area contributed by atoms with Crippen molar-refractivity contribution >= 4 is 23.5 Å². The summed E-state index contributed by atoms with van der Waals surface area (Å²) in [4.78, 5) is 37.8. The Morgan fingerprint density at radius 1 is 1.17 bits per heavy atom. The Hall–Kier alpha value is -2.41. The molecule has 130 valence electrons. The van der Waals surface area contributed by atoms with Crippen molar-refractivity contribution in [3.05, 3.63) is 29.8 Å². The van der Waals surface area contributed by atoms with E-state index >= 15 is 0 Å². The fraction of sp³-hybridized carbons (Fsp3) is 0.471. The number of ether oxygens (including phenoxy) is 1. The van der Waals surface area contributed by atoms with Crippen LogP contribution in [0, 0.1) is 0 Å². The van der Waals surface area contributed by atoms with Gasteiger partial charge in [0.1, 0.15) is 0 Å². The highest BCUT2D eigenvalue weighted by atomic mass is 16.5.